The lowest BCUT2D eigenvalue weighted by molar-refractivity contribution is 0.248. The molecule has 0 radical (unpaired) electrons. The highest BCUT2D eigenvalue weighted by molar-refractivity contribution is 5.07. The minimum Gasteiger partial charge on any atom is -0.360 e. The van der Waals surface area contributed by atoms with E-state index in [2.05, 4.69) is 5.16 Å². The molecule has 4 nitrogen and oxygen atoms in total. The molecular formula is C12H18FN3O. The van der Waals surface area contributed by atoms with E-state index < -0.39 is 0 Å². The van der Waals surface area contributed by atoms with Crippen LogP contribution in [-0.2, 0) is 13.1 Å². The topological polar surface area (TPSA) is 32.5 Å². The van der Waals surface area contributed by atoms with Gasteiger partial charge in [0.15, 0.2) is 5.76 Å². The quantitative estimate of drug-likeness (QED) is 0.802. The van der Waals surface area contributed by atoms with Gasteiger partial charge >= 0.3 is 0 Å². The Balaban J connectivity index is 1.90. The summed E-state index contributed by atoms with van der Waals surface area (Å²) in [5, 5.41) is 4.00. The Morgan fingerprint density at radius 1 is 1.53 bits per heavy atom. The van der Waals surface area contributed by atoms with Crippen molar-refractivity contribution in [3.8, 4) is 0 Å². The molecule has 0 bridgehead atoms. The Morgan fingerprint density at radius 3 is 3.06 bits per heavy atom. The first-order valence-corrected chi connectivity index (χ1v) is 5.79. The molecule has 17 heavy (non-hydrogen) atoms. The normalized spacial score (nSPS) is 17.5. The summed E-state index contributed by atoms with van der Waals surface area (Å²) in [4.78, 5) is 4.06. The predicted molar refractivity (Wildman–Crippen MR) is 63.0 cm³/mol. The lowest BCUT2D eigenvalue weighted by Gasteiger charge is -2.22. The Labute approximate surface area is 101 Å². The third-order valence-electron chi connectivity index (χ3n) is 2.65. The summed E-state index contributed by atoms with van der Waals surface area (Å²) in [6, 6.07) is 1.94. The fraction of sp³-hybridized carbons (Fsp3) is 0.583. The molecule has 0 unspecified atom stereocenters. The number of hydrogen-bond donors (Lipinski definition) is 0. The van der Waals surface area contributed by atoms with Crippen LogP contribution in [0.5, 0.6) is 0 Å². The van der Waals surface area contributed by atoms with Crippen LogP contribution < -0.4 is 0 Å². The number of halogens is 1. The highest BCUT2D eigenvalue weighted by Crippen LogP contribution is 2.14. The zero-order valence-corrected chi connectivity index (χ0v) is 10.3. The first-order valence-electron chi connectivity index (χ1n) is 5.79. The SMILES string of the molecule is CN(C)Cc1cc(CN2CCC=C(F)C2)no1. The molecule has 0 aliphatic carbocycles. The van der Waals surface area contributed by atoms with Crippen LogP contribution in [0.2, 0.25) is 0 Å². The number of aromatic nitrogens is 1. The Hall–Kier alpha value is -1.20. The summed E-state index contributed by atoms with van der Waals surface area (Å²) < 4.78 is 18.3. The predicted octanol–water partition coefficient (Wildman–Crippen LogP) is 1.80. The molecule has 2 heterocycles. The molecule has 2 rings (SSSR count). The maximum atomic E-state index is 13.1. The molecular weight excluding hydrogens is 221 g/mol. The number of hydrogen-bond acceptors (Lipinski definition) is 4. The van der Waals surface area contributed by atoms with E-state index in [1.165, 1.54) is 0 Å². The lowest BCUT2D eigenvalue weighted by Crippen LogP contribution is -2.28. The summed E-state index contributed by atoms with van der Waals surface area (Å²) >= 11 is 0. The molecule has 0 aromatic carbocycles. The smallest absolute Gasteiger partial charge is 0.150 e. The van der Waals surface area contributed by atoms with Gasteiger partial charge in [-0.15, -0.1) is 0 Å². The van der Waals surface area contributed by atoms with Crippen LogP contribution in [0.25, 0.3) is 0 Å². The van der Waals surface area contributed by atoms with Crippen LogP contribution in [0.1, 0.15) is 17.9 Å². The van der Waals surface area contributed by atoms with E-state index in [4.69, 9.17) is 4.52 Å². The van der Waals surface area contributed by atoms with Crippen molar-refractivity contribution < 1.29 is 8.91 Å². The van der Waals surface area contributed by atoms with Gasteiger partial charge in [0, 0.05) is 19.2 Å². The molecule has 1 aliphatic heterocycles. The largest absolute Gasteiger partial charge is 0.360 e. The van der Waals surface area contributed by atoms with E-state index in [1.54, 1.807) is 6.08 Å². The van der Waals surface area contributed by atoms with Gasteiger partial charge in [0.05, 0.1) is 18.8 Å². The lowest BCUT2D eigenvalue weighted by atomic mass is 10.2. The highest BCUT2D eigenvalue weighted by atomic mass is 19.1. The third-order valence-corrected chi connectivity index (χ3v) is 2.65. The maximum Gasteiger partial charge on any atom is 0.150 e. The fourth-order valence-corrected chi connectivity index (χ4v) is 1.94. The monoisotopic (exact) mass is 239 g/mol. The Kier molecular flexibility index (Phi) is 3.91. The molecule has 0 fully saturated rings. The molecule has 1 aromatic rings. The maximum absolute atomic E-state index is 13.1. The number of nitrogens with zero attached hydrogens (tertiary/aromatic N) is 3. The average molecular weight is 239 g/mol. The van der Waals surface area contributed by atoms with E-state index in [0.29, 0.717) is 13.1 Å². The van der Waals surface area contributed by atoms with Gasteiger partial charge < -0.3 is 9.42 Å². The summed E-state index contributed by atoms with van der Waals surface area (Å²) in [6.45, 7) is 2.65. The molecule has 1 aliphatic rings. The molecule has 0 saturated carbocycles. The van der Waals surface area contributed by atoms with Gasteiger partial charge in [-0.2, -0.15) is 0 Å². The number of rotatable bonds is 4. The first-order chi connectivity index (χ1) is 8.13. The van der Waals surface area contributed by atoms with Crippen molar-refractivity contribution in [2.45, 2.75) is 19.5 Å². The average Bonchev–Trinajstić information content (AvgIpc) is 2.64. The second kappa shape index (κ2) is 5.42. The van der Waals surface area contributed by atoms with Crippen molar-refractivity contribution in [2.75, 3.05) is 27.2 Å². The van der Waals surface area contributed by atoms with Gasteiger partial charge in [-0.05, 0) is 20.5 Å². The zero-order valence-electron chi connectivity index (χ0n) is 10.3. The molecule has 0 amide bonds. The van der Waals surface area contributed by atoms with E-state index in [9.17, 15) is 4.39 Å². The van der Waals surface area contributed by atoms with Crippen molar-refractivity contribution >= 4 is 0 Å². The third kappa shape index (κ3) is 3.64. The van der Waals surface area contributed by atoms with Gasteiger partial charge in [-0.25, -0.2) is 4.39 Å². The summed E-state index contributed by atoms with van der Waals surface area (Å²) in [7, 11) is 3.96. The van der Waals surface area contributed by atoms with E-state index in [0.717, 1.165) is 31.0 Å². The first kappa shape index (κ1) is 12.3. The summed E-state index contributed by atoms with van der Waals surface area (Å²) in [5.41, 5.74) is 0.872. The highest BCUT2D eigenvalue weighted by Gasteiger charge is 2.14. The van der Waals surface area contributed by atoms with Crippen molar-refractivity contribution in [1.29, 1.82) is 0 Å². The van der Waals surface area contributed by atoms with Crippen molar-refractivity contribution in [1.82, 2.24) is 15.0 Å². The van der Waals surface area contributed by atoms with E-state index >= 15 is 0 Å². The van der Waals surface area contributed by atoms with E-state index in [-0.39, 0.29) is 5.83 Å². The van der Waals surface area contributed by atoms with Gasteiger partial charge in [0.25, 0.3) is 0 Å². The van der Waals surface area contributed by atoms with Crippen LogP contribution in [0.4, 0.5) is 4.39 Å². The van der Waals surface area contributed by atoms with Crippen molar-refractivity contribution in [2.24, 2.45) is 0 Å². The standard InChI is InChI=1S/C12H18FN3O/c1-15(2)9-12-6-11(14-17-12)8-16-5-3-4-10(13)7-16/h4,6H,3,5,7-9H2,1-2H3. The molecule has 0 N–H and O–H groups in total. The van der Waals surface area contributed by atoms with Crippen molar-refractivity contribution in [3.05, 3.63) is 29.4 Å². The summed E-state index contributed by atoms with van der Waals surface area (Å²) in [6.07, 6.45) is 2.42. The van der Waals surface area contributed by atoms with Crippen LogP contribution in [0, 0.1) is 0 Å². The molecule has 0 saturated heterocycles. The molecule has 1 aromatic heterocycles. The Morgan fingerprint density at radius 2 is 2.35 bits per heavy atom. The van der Waals surface area contributed by atoms with E-state index in [1.807, 2.05) is 30.0 Å². The molecule has 94 valence electrons. The minimum atomic E-state index is -0.0479. The van der Waals surface area contributed by atoms with Gasteiger partial charge in [-0.1, -0.05) is 11.2 Å². The molecule has 5 heteroatoms. The zero-order chi connectivity index (χ0) is 12.3. The molecule has 0 atom stereocenters. The van der Waals surface area contributed by atoms with Crippen LogP contribution >= 0.6 is 0 Å². The van der Waals surface area contributed by atoms with Crippen LogP contribution in [-0.4, -0.2) is 42.1 Å². The van der Waals surface area contributed by atoms with Crippen LogP contribution in [0.15, 0.2) is 22.5 Å². The van der Waals surface area contributed by atoms with Gasteiger partial charge in [0.2, 0.25) is 0 Å². The van der Waals surface area contributed by atoms with Crippen LogP contribution in [0.3, 0.4) is 0 Å². The summed E-state index contributed by atoms with van der Waals surface area (Å²) in [5.74, 6) is 0.797. The van der Waals surface area contributed by atoms with Crippen molar-refractivity contribution in [3.63, 3.8) is 0 Å². The fourth-order valence-electron chi connectivity index (χ4n) is 1.94. The Bertz CT molecular complexity index is 400. The minimum absolute atomic E-state index is 0.0479. The van der Waals surface area contributed by atoms with Gasteiger partial charge in [0.1, 0.15) is 5.83 Å². The van der Waals surface area contributed by atoms with Gasteiger partial charge in [-0.3, -0.25) is 4.90 Å². The molecule has 0 spiro atoms. The second-order valence-corrected chi connectivity index (χ2v) is 4.67. The second-order valence-electron chi connectivity index (χ2n) is 4.67.